The van der Waals surface area contributed by atoms with Crippen molar-refractivity contribution in [2.24, 2.45) is 0 Å². The number of sulfonamides is 1. The third-order valence-electron chi connectivity index (χ3n) is 3.46. The lowest BCUT2D eigenvalue weighted by Crippen LogP contribution is -2.24. The van der Waals surface area contributed by atoms with Crippen LogP contribution in [0.5, 0.6) is 0 Å². The Hall–Kier alpha value is -1.99. The molecule has 0 atom stereocenters. The van der Waals surface area contributed by atoms with Crippen LogP contribution in [0.4, 0.5) is 11.4 Å². The van der Waals surface area contributed by atoms with Gasteiger partial charge in [-0.25, -0.2) is 8.42 Å². The number of hydrogen-bond acceptors (Lipinski definition) is 4. The monoisotopic (exact) mass is 378 g/mol. The number of carbonyl (C=O) groups excluding carboxylic acids is 1. The van der Waals surface area contributed by atoms with Gasteiger partial charge >= 0.3 is 0 Å². The molecule has 0 aromatic heterocycles. The Balaban J connectivity index is 2.25. The summed E-state index contributed by atoms with van der Waals surface area (Å²) in [4.78, 5) is 13.6. The molecule has 0 spiro atoms. The molecule has 0 radical (unpaired) electrons. The summed E-state index contributed by atoms with van der Waals surface area (Å²) in [5.41, 5.74) is 1.63. The van der Waals surface area contributed by atoms with Gasteiger partial charge < -0.3 is 5.32 Å². The molecule has 0 aliphatic heterocycles. The van der Waals surface area contributed by atoms with Crippen LogP contribution in [0.15, 0.2) is 53.4 Å². The molecule has 1 N–H and O–H groups in total. The van der Waals surface area contributed by atoms with Gasteiger partial charge in [0.15, 0.2) is 0 Å². The highest BCUT2D eigenvalue weighted by Gasteiger charge is 2.15. The first kappa shape index (κ1) is 19.3. The van der Waals surface area contributed by atoms with Gasteiger partial charge in [0, 0.05) is 22.9 Å². The fourth-order valence-electron chi connectivity index (χ4n) is 2.18. The summed E-state index contributed by atoms with van der Waals surface area (Å²) in [6.07, 6.45) is 1.14. The fourth-order valence-corrected chi connectivity index (χ4v) is 3.63. The average Bonchev–Trinajstić information content (AvgIpc) is 2.53. The Labute approximate surface area is 153 Å². The topological polar surface area (TPSA) is 66.5 Å². The first-order valence-corrected chi connectivity index (χ1v) is 10.5. The van der Waals surface area contributed by atoms with E-state index in [1.54, 1.807) is 42.1 Å². The van der Waals surface area contributed by atoms with Gasteiger partial charge in [-0.05, 0) is 30.3 Å². The summed E-state index contributed by atoms with van der Waals surface area (Å²) in [6, 6.07) is 14.2. The summed E-state index contributed by atoms with van der Waals surface area (Å²) < 4.78 is 24.5. The van der Waals surface area contributed by atoms with E-state index >= 15 is 0 Å². The first-order valence-electron chi connectivity index (χ1n) is 7.79. The lowest BCUT2D eigenvalue weighted by molar-refractivity contribution is 0.102. The third kappa shape index (κ3) is 5.24. The number of nitrogens with zero attached hydrogens (tertiary/aromatic N) is 1. The Kier molecular flexibility index (Phi) is 6.13. The van der Waals surface area contributed by atoms with Gasteiger partial charge in [-0.15, -0.1) is 11.8 Å². The summed E-state index contributed by atoms with van der Waals surface area (Å²) in [5, 5.41) is 3.21. The maximum absolute atomic E-state index is 12.6. The molecule has 0 fully saturated rings. The van der Waals surface area contributed by atoms with E-state index in [1.807, 2.05) is 18.2 Å². The first-order chi connectivity index (χ1) is 11.7. The van der Waals surface area contributed by atoms with E-state index in [2.05, 4.69) is 19.2 Å². The normalized spacial score (nSPS) is 11.4. The van der Waals surface area contributed by atoms with Crippen molar-refractivity contribution in [3.8, 4) is 0 Å². The van der Waals surface area contributed by atoms with Gasteiger partial charge in [0.2, 0.25) is 10.0 Å². The van der Waals surface area contributed by atoms with Gasteiger partial charge in [-0.3, -0.25) is 9.10 Å². The number of hydrogen-bond donors (Lipinski definition) is 1. The molecule has 0 bridgehead atoms. The van der Waals surface area contributed by atoms with Gasteiger partial charge in [0.25, 0.3) is 5.91 Å². The number of rotatable bonds is 6. The molecule has 2 aromatic carbocycles. The molecule has 134 valence electrons. The van der Waals surface area contributed by atoms with Gasteiger partial charge in [-0.1, -0.05) is 32.0 Å². The fraction of sp³-hybridized carbons (Fsp3) is 0.278. The third-order valence-corrected chi connectivity index (χ3v) is 5.75. The second-order valence-corrected chi connectivity index (χ2v) is 9.53. The van der Waals surface area contributed by atoms with Gasteiger partial charge in [-0.2, -0.15) is 0 Å². The largest absolute Gasteiger partial charge is 0.322 e. The summed E-state index contributed by atoms with van der Waals surface area (Å²) in [5.74, 6) is -0.220. The van der Waals surface area contributed by atoms with Crippen molar-refractivity contribution in [1.82, 2.24) is 0 Å². The van der Waals surface area contributed by atoms with E-state index in [0.29, 0.717) is 22.2 Å². The SMILES string of the molecule is CC(C)Sc1ccccc1C(=O)Nc1cccc(N(C)S(C)(=O)=O)c1. The molecular weight excluding hydrogens is 356 g/mol. The Bertz CT molecular complexity index is 864. The van der Waals surface area contributed by atoms with Crippen molar-refractivity contribution in [3.05, 3.63) is 54.1 Å². The number of anilines is 2. The molecule has 0 saturated heterocycles. The van der Waals surface area contributed by atoms with Gasteiger partial charge in [0.05, 0.1) is 17.5 Å². The van der Waals surface area contributed by atoms with Crippen LogP contribution in [-0.2, 0) is 10.0 Å². The molecule has 2 aromatic rings. The highest BCUT2D eigenvalue weighted by Crippen LogP contribution is 2.27. The summed E-state index contributed by atoms with van der Waals surface area (Å²) >= 11 is 1.63. The minimum atomic E-state index is -3.36. The summed E-state index contributed by atoms with van der Waals surface area (Å²) in [7, 11) is -1.88. The van der Waals surface area contributed by atoms with Crippen molar-refractivity contribution in [3.63, 3.8) is 0 Å². The predicted molar refractivity (Wildman–Crippen MR) is 105 cm³/mol. The average molecular weight is 379 g/mol. The van der Waals surface area contributed by atoms with Crippen molar-refractivity contribution in [2.75, 3.05) is 22.9 Å². The zero-order valence-corrected chi connectivity index (χ0v) is 16.3. The van der Waals surface area contributed by atoms with Crippen LogP contribution in [0.25, 0.3) is 0 Å². The van der Waals surface area contributed by atoms with Crippen LogP contribution in [0, 0.1) is 0 Å². The summed E-state index contributed by atoms with van der Waals surface area (Å²) in [6.45, 7) is 4.15. The smallest absolute Gasteiger partial charge is 0.256 e. The lowest BCUT2D eigenvalue weighted by Gasteiger charge is -2.17. The maximum atomic E-state index is 12.6. The predicted octanol–water partition coefficient (Wildman–Crippen LogP) is 3.84. The highest BCUT2D eigenvalue weighted by molar-refractivity contribution is 8.00. The lowest BCUT2D eigenvalue weighted by atomic mass is 10.2. The minimum absolute atomic E-state index is 0.220. The minimum Gasteiger partial charge on any atom is -0.322 e. The highest BCUT2D eigenvalue weighted by atomic mass is 32.2. The van der Waals surface area contributed by atoms with E-state index < -0.39 is 10.0 Å². The molecule has 2 rings (SSSR count). The molecule has 1 amide bonds. The number of carbonyl (C=O) groups is 1. The van der Waals surface area contributed by atoms with E-state index in [1.165, 1.54) is 11.4 Å². The second kappa shape index (κ2) is 7.93. The van der Waals surface area contributed by atoms with E-state index in [4.69, 9.17) is 0 Å². The number of nitrogens with one attached hydrogen (secondary N) is 1. The molecule has 25 heavy (non-hydrogen) atoms. The molecule has 0 aliphatic rings. The van der Waals surface area contributed by atoms with Crippen molar-refractivity contribution in [1.29, 1.82) is 0 Å². The Morgan fingerprint density at radius 2 is 1.80 bits per heavy atom. The number of benzene rings is 2. The van der Waals surface area contributed by atoms with E-state index in [9.17, 15) is 13.2 Å². The van der Waals surface area contributed by atoms with Crippen molar-refractivity contribution in [2.45, 2.75) is 24.0 Å². The number of amides is 1. The molecule has 7 heteroatoms. The quantitative estimate of drug-likeness (QED) is 0.776. The molecular formula is C18H22N2O3S2. The molecule has 0 heterocycles. The maximum Gasteiger partial charge on any atom is 0.256 e. The van der Waals surface area contributed by atoms with E-state index in [-0.39, 0.29) is 5.91 Å². The standard InChI is InChI=1S/C18H22N2O3S2/c1-13(2)24-17-11-6-5-10-16(17)18(21)19-14-8-7-9-15(12-14)20(3)25(4,22)23/h5-13H,1-4H3,(H,19,21). The van der Waals surface area contributed by atoms with Gasteiger partial charge in [0.1, 0.15) is 0 Å². The van der Waals surface area contributed by atoms with Crippen molar-refractivity contribution >= 4 is 39.1 Å². The van der Waals surface area contributed by atoms with E-state index in [0.717, 1.165) is 11.2 Å². The van der Waals surface area contributed by atoms with Crippen molar-refractivity contribution < 1.29 is 13.2 Å². The number of thioether (sulfide) groups is 1. The zero-order chi connectivity index (χ0) is 18.6. The molecule has 0 unspecified atom stereocenters. The molecule has 0 saturated carbocycles. The van der Waals surface area contributed by atoms with Crippen LogP contribution < -0.4 is 9.62 Å². The van der Waals surface area contributed by atoms with Crippen LogP contribution in [-0.4, -0.2) is 32.9 Å². The van der Waals surface area contributed by atoms with Crippen LogP contribution in [0.1, 0.15) is 24.2 Å². The van der Waals surface area contributed by atoms with Crippen LogP contribution in [0.2, 0.25) is 0 Å². The second-order valence-electron chi connectivity index (χ2n) is 5.90. The molecule has 0 aliphatic carbocycles. The van der Waals surface area contributed by atoms with Crippen LogP contribution in [0.3, 0.4) is 0 Å². The zero-order valence-electron chi connectivity index (χ0n) is 14.7. The molecule has 5 nitrogen and oxygen atoms in total. The Morgan fingerprint density at radius 1 is 1.12 bits per heavy atom. The van der Waals surface area contributed by atoms with Crippen LogP contribution >= 0.6 is 11.8 Å². The Morgan fingerprint density at radius 3 is 2.44 bits per heavy atom.